The summed E-state index contributed by atoms with van der Waals surface area (Å²) in [4.78, 5) is 19.9. The molecule has 2 aromatic heterocycles. The van der Waals surface area contributed by atoms with Crippen molar-refractivity contribution in [3.63, 3.8) is 0 Å². The van der Waals surface area contributed by atoms with E-state index in [2.05, 4.69) is 34.5 Å². The summed E-state index contributed by atoms with van der Waals surface area (Å²) < 4.78 is 2.24. The molecule has 4 rings (SSSR count). The van der Waals surface area contributed by atoms with Gasteiger partial charge in [-0.25, -0.2) is 4.98 Å². The number of nitrogens with zero attached hydrogens (tertiary/aromatic N) is 3. The molecule has 1 atom stereocenters. The number of allylic oxidation sites excluding steroid dienone is 1. The van der Waals surface area contributed by atoms with E-state index in [1.165, 1.54) is 25.3 Å². The molecular formula is C23H31N5O. The van der Waals surface area contributed by atoms with Crippen molar-refractivity contribution in [3.05, 3.63) is 36.3 Å². The van der Waals surface area contributed by atoms with Gasteiger partial charge in [0.15, 0.2) is 0 Å². The van der Waals surface area contributed by atoms with Gasteiger partial charge in [0.05, 0.1) is 16.7 Å². The quantitative estimate of drug-likeness (QED) is 0.757. The van der Waals surface area contributed by atoms with Gasteiger partial charge in [-0.1, -0.05) is 12.8 Å². The molecule has 2 fully saturated rings. The van der Waals surface area contributed by atoms with Gasteiger partial charge in [0.1, 0.15) is 0 Å². The van der Waals surface area contributed by atoms with Gasteiger partial charge in [-0.3, -0.25) is 4.79 Å². The topological polar surface area (TPSA) is 88.0 Å². The summed E-state index contributed by atoms with van der Waals surface area (Å²) >= 11 is 0. The van der Waals surface area contributed by atoms with Gasteiger partial charge < -0.3 is 20.6 Å². The van der Waals surface area contributed by atoms with E-state index in [0.29, 0.717) is 23.1 Å². The maximum Gasteiger partial charge on any atom is 0.226 e. The third-order valence-electron chi connectivity index (χ3n) is 6.64. The minimum atomic E-state index is -0.0799. The van der Waals surface area contributed by atoms with Crippen molar-refractivity contribution >= 4 is 28.7 Å². The number of pyridine rings is 1. The van der Waals surface area contributed by atoms with Crippen LogP contribution in [0.5, 0.6) is 0 Å². The lowest BCUT2D eigenvalue weighted by atomic mass is 9.95. The molecule has 2 aromatic rings. The van der Waals surface area contributed by atoms with E-state index in [9.17, 15) is 4.79 Å². The molecule has 1 saturated heterocycles. The van der Waals surface area contributed by atoms with Crippen molar-refractivity contribution in [1.82, 2.24) is 14.5 Å². The zero-order valence-corrected chi connectivity index (χ0v) is 17.4. The Balaban J connectivity index is 1.51. The Morgan fingerprint density at radius 3 is 2.76 bits per heavy atom. The van der Waals surface area contributed by atoms with E-state index in [1.807, 2.05) is 18.2 Å². The zero-order valence-electron chi connectivity index (χ0n) is 17.4. The van der Waals surface area contributed by atoms with Gasteiger partial charge in [-0.15, -0.1) is 0 Å². The molecule has 6 nitrogen and oxygen atoms in total. The zero-order chi connectivity index (χ0) is 20.6. The highest BCUT2D eigenvalue weighted by Gasteiger charge is 2.43. The molecule has 1 amide bonds. The molecule has 29 heavy (non-hydrogen) atoms. The number of hydrogen-bond acceptors (Lipinski definition) is 4. The number of fused-ring (bicyclic) bond motifs is 1. The smallest absolute Gasteiger partial charge is 0.226 e. The number of nitrogens with one attached hydrogen (secondary N) is 1. The van der Waals surface area contributed by atoms with Crippen LogP contribution in [-0.4, -0.2) is 38.7 Å². The molecule has 0 spiro atoms. The number of likely N-dealkylation sites (tertiary alicyclic amines) is 1. The minimum Gasteiger partial charge on any atom is -0.404 e. The van der Waals surface area contributed by atoms with E-state index >= 15 is 0 Å². The second-order valence-corrected chi connectivity index (χ2v) is 9.15. The Hall–Kier alpha value is -2.63. The first kappa shape index (κ1) is 19.7. The molecule has 0 bridgehead atoms. The van der Waals surface area contributed by atoms with Crippen LogP contribution in [-0.2, 0) is 11.3 Å². The van der Waals surface area contributed by atoms with E-state index < -0.39 is 0 Å². The number of rotatable bonds is 5. The van der Waals surface area contributed by atoms with Crippen LogP contribution < -0.4 is 5.73 Å². The van der Waals surface area contributed by atoms with Crippen molar-refractivity contribution in [2.45, 2.75) is 58.0 Å². The van der Waals surface area contributed by atoms with Crippen LogP contribution in [0.25, 0.3) is 16.6 Å². The van der Waals surface area contributed by atoms with Crippen molar-refractivity contribution < 1.29 is 4.79 Å². The summed E-state index contributed by atoms with van der Waals surface area (Å²) in [5.74, 6) is 1.04. The monoisotopic (exact) mass is 393 g/mol. The fourth-order valence-electron chi connectivity index (χ4n) is 5.17. The average Bonchev–Trinajstić information content (AvgIpc) is 3.42. The molecule has 154 valence electrons. The lowest BCUT2D eigenvalue weighted by molar-refractivity contribution is -0.138. The molecule has 0 radical (unpaired) electrons. The Kier molecular flexibility index (Phi) is 5.19. The SMILES string of the molecule is CC1(C)CC(Cn2ccc3nc(/C(C=N)=C/N)ccc32)CN1C(=O)C1CCCC1. The second-order valence-electron chi connectivity index (χ2n) is 9.15. The van der Waals surface area contributed by atoms with Crippen LogP contribution in [0.2, 0.25) is 0 Å². The van der Waals surface area contributed by atoms with Crippen molar-refractivity contribution in [1.29, 1.82) is 5.41 Å². The standard InChI is InChI=1S/C23H31N5O/c1-23(2)11-16(15-28(23)22(29)17-5-3-4-6-17)14-27-10-9-20-21(27)8-7-19(26-20)18(12-24)13-25/h7-10,12-13,16-17,24H,3-6,11,14-15,25H2,1-2H3/b18-13+,24-12?. The van der Waals surface area contributed by atoms with E-state index in [-0.39, 0.29) is 11.5 Å². The highest BCUT2D eigenvalue weighted by Crippen LogP contribution is 2.37. The third kappa shape index (κ3) is 3.68. The minimum absolute atomic E-state index is 0.0799. The van der Waals surface area contributed by atoms with Crippen molar-refractivity contribution in [3.8, 4) is 0 Å². The van der Waals surface area contributed by atoms with Crippen LogP contribution in [0.1, 0.15) is 51.6 Å². The summed E-state index contributed by atoms with van der Waals surface area (Å²) in [6, 6.07) is 5.97. The lowest BCUT2D eigenvalue weighted by Crippen LogP contribution is -2.45. The number of nitrogens with two attached hydrogens (primary N) is 1. The van der Waals surface area contributed by atoms with Gasteiger partial charge in [0, 0.05) is 48.7 Å². The number of aromatic nitrogens is 2. The predicted molar refractivity (Wildman–Crippen MR) is 117 cm³/mol. The largest absolute Gasteiger partial charge is 0.404 e. The molecule has 3 N–H and O–H groups in total. The van der Waals surface area contributed by atoms with Gasteiger partial charge >= 0.3 is 0 Å². The molecule has 1 unspecified atom stereocenters. The van der Waals surface area contributed by atoms with Gasteiger partial charge in [0.2, 0.25) is 5.91 Å². The molecule has 1 aliphatic carbocycles. The summed E-state index contributed by atoms with van der Waals surface area (Å²) in [5, 5.41) is 7.46. The Labute approximate surface area is 172 Å². The normalized spacial score (nSPS) is 22.5. The average molecular weight is 394 g/mol. The number of carbonyl (C=O) groups excluding carboxylic acids is 1. The molecule has 6 heteroatoms. The molecular weight excluding hydrogens is 362 g/mol. The van der Waals surface area contributed by atoms with Gasteiger partial charge in [0.25, 0.3) is 0 Å². The van der Waals surface area contributed by atoms with Gasteiger partial charge in [-0.05, 0) is 57.2 Å². The summed E-state index contributed by atoms with van der Waals surface area (Å²) in [6.45, 7) is 6.13. The Morgan fingerprint density at radius 2 is 2.07 bits per heavy atom. The fraction of sp³-hybridized carbons (Fsp3) is 0.522. The summed E-state index contributed by atoms with van der Waals surface area (Å²) in [7, 11) is 0. The fourth-order valence-corrected chi connectivity index (χ4v) is 5.17. The Morgan fingerprint density at radius 1 is 1.31 bits per heavy atom. The van der Waals surface area contributed by atoms with E-state index in [1.54, 1.807) is 0 Å². The van der Waals surface area contributed by atoms with E-state index in [0.717, 1.165) is 43.4 Å². The predicted octanol–water partition coefficient (Wildman–Crippen LogP) is 3.80. The Bertz CT molecular complexity index is 951. The summed E-state index contributed by atoms with van der Waals surface area (Å²) in [6.07, 6.45) is 10.2. The van der Waals surface area contributed by atoms with Crippen molar-refractivity contribution in [2.24, 2.45) is 17.6 Å². The molecule has 3 heterocycles. The maximum atomic E-state index is 13.1. The molecule has 2 aliphatic rings. The highest BCUT2D eigenvalue weighted by molar-refractivity contribution is 6.07. The molecule has 1 saturated carbocycles. The van der Waals surface area contributed by atoms with Crippen LogP contribution in [0.3, 0.4) is 0 Å². The van der Waals surface area contributed by atoms with Crippen LogP contribution >= 0.6 is 0 Å². The number of amides is 1. The van der Waals surface area contributed by atoms with Gasteiger partial charge in [-0.2, -0.15) is 0 Å². The van der Waals surface area contributed by atoms with Crippen molar-refractivity contribution in [2.75, 3.05) is 6.54 Å². The number of hydrogen-bond donors (Lipinski definition) is 2. The highest BCUT2D eigenvalue weighted by atomic mass is 16.2. The van der Waals surface area contributed by atoms with Crippen LogP contribution in [0, 0.1) is 17.2 Å². The summed E-state index contributed by atoms with van der Waals surface area (Å²) in [5.41, 5.74) is 8.81. The maximum absolute atomic E-state index is 13.1. The molecule has 1 aliphatic heterocycles. The lowest BCUT2D eigenvalue weighted by Gasteiger charge is -2.33. The van der Waals surface area contributed by atoms with Crippen LogP contribution in [0.4, 0.5) is 0 Å². The second kappa shape index (κ2) is 7.65. The van der Waals surface area contributed by atoms with E-state index in [4.69, 9.17) is 11.1 Å². The first-order valence-corrected chi connectivity index (χ1v) is 10.6. The third-order valence-corrected chi connectivity index (χ3v) is 6.64. The molecule has 0 aromatic carbocycles. The van der Waals surface area contributed by atoms with Crippen LogP contribution in [0.15, 0.2) is 30.6 Å². The number of carbonyl (C=O) groups is 1. The first-order valence-electron chi connectivity index (χ1n) is 10.6. The first-order chi connectivity index (χ1) is 13.9.